The number of carbonyl (C=O) groups excluding carboxylic acids is 1. The summed E-state index contributed by atoms with van der Waals surface area (Å²) in [5, 5.41) is 15.2. The number of piperidine rings is 1. The van der Waals surface area contributed by atoms with Crippen LogP contribution in [0.1, 0.15) is 44.1 Å². The Morgan fingerprint density at radius 3 is 2.26 bits per heavy atom. The highest BCUT2D eigenvalue weighted by molar-refractivity contribution is 5.81. The van der Waals surface area contributed by atoms with Gasteiger partial charge in [-0.3, -0.25) is 10.1 Å². The van der Waals surface area contributed by atoms with Gasteiger partial charge in [-0.05, 0) is 37.0 Å². The highest BCUT2D eigenvalue weighted by atomic mass is 16.4. The molecule has 0 radical (unpaired) electrons. The summed E-state index contributed by atoms with van der Waals surface area (Å²) in [6.07, 6.45) is 7.08. The second-order valence-corrected chi connectivity index (χ2v) is 7.92. The summed E-state index contributed by atoms with van der Waals surface area (Å²) in [5.41, 5.74) is 3.22. The predicted octanol–water partition coefficient (Wildman–Crippen LogP) is 4.21. The van der Waals surface area contributed by atoms with Crippen LogP contribution in [0.3, 0.4) is 0 Å². The van der Waals surface area contributed by atoms with Crippen molar-refractivity contribution in [1.29, 1.82) is 0 Å². The van der Waals surface area contributed by atoms with E-state index in [0.29, 0.717) is 12.1 Å². The van der Waals surface area contributed by atoms with E-state index in [1.54, 1.807) is 10.6 Å². The summed E-state index contributed by atoms with van der Waals surface area (Å²) in [5.74, 6) is 0.207. The number of anilines is 1. The predicted molar refractivity (Wildman–Crippen MR) is 118 cm³/mol. The van der Waals surface area contributed by atoms with Crippen molar-refractivity contribution >= 4 is 23.6 Å². The molecule has 1 aliphatic carbocycles. The first-order chi connectivity index (χ1) is 15.1. The van der Waals surface area contributed by atoms with E-state index in [2.05, 4.69) is 15.4 Å². The Balaban J connectivity index is 0.000000710. The third-order valence-corrected chi connectivity index (χ3v) is 5.25. The van der Waals surface area contributed by atoms with Crippen molar-refractivity contribution in [2.75, 3.05) is 18.4 Å². The largest absolute Gasteiger partial charge is 0.465 e. The van der Waals surface area contributed by atoms with Crippen molar-refractivity contribution in [3.8, 4) is 11.3 Å². The van der Waals surface area contributed by atoms with Crippen molar-refractivity contribution in [3.05, 3.63) is 48.0 Å². The van der Waals surface area contributed by atoms with Gasteiger partial charge in [0.05, 0.1) is 12.1 Å². The molecule has 1 saturated carbocycles. The van der Waals surface area contributed by atoms with E-state index in [4.69, 9.17) is 5.11 Å². The van der Waals surface area contributed by atoms with E-state index in [0.717, 1.165) is 42.8 Å². The zero-order valence-electron chi connectivity index (χ0n) is 17.5. The summed E-state index contributed by atoms with van der Waals surface area (Å²) in [4.78, 5) is 29.4. The van der Waals surface area contributed by atoms with Gasteiger partial charge in [-0.1, -0.05) is 49.6 Å². The number of benzene rings is 1. The van der Waals surface area contributed by atoms with Crippen molar-refractivity contribution in [3.63, 3.8) is 0 Å². The van der Waals surface area contributed by atoms with Crippen LogP contribution in [0.25, 0.3) is 16.9 Å². The fourth-order valence-corrected chi connectivity index (χ4v) is 3.50. The SMILES string of the molecule is C1CC1.O=C(O)Nc1nc2cccc(-c3ccc(CC(=O)N4CCCCC4)cc3)n2n1. The van der Waals surface area contributed by atoms with Gasteiger partial charge in [0, 0.05) is 18.7 Å². The fraction of sp³-hybridized carbons (Fsp3) is 0.391. The molecule has 2 aliphatic rings. The molecule has 2 amide bonds. The van der Waals surface area contributed by atoms with Crippen molar-refractivity contribution in [2.24, 2.45) is 0 Å². The highest BCUT2D eigenvalue weighted by Crippen LogP contribution is 2.22. The topological polar surface area (TPSA) is 99.8 Å². The maximum Gasteiger partial charge on any atom is 0.411 e. The Bertz CT molecular complexity index is 1050. The molecule has 1 aliphatic heterocycles. The number of hydrogen-bond donors (Lipinski definition) is 2. The second-order valence-electron chi connectivity index (χ2n) is 7.92. The molecule has 1 saturated heterocycles. The lowest BCUT2D eigenvalue weighted by molar-refractivity contribution is -0.131. The zero-order valence-corrected chi connectivity index (χ0v) is 17.5. The number of aromatic nitrogens is 3. The Kier molecular flexibility index (Phi) is 6.45. The van der Waals surface area contributed by atoms with Gasteiger partial charge in [0.1, 0.15) is 0 Å². The van der Waals surface area contributed by atoms with Crippen LogP contribution < -0.4 is 5.32 Å². The summed E-state index contributed by atoms with van der Waals surface area (Å²) in [6, 6.07) is 13.3. The Hall–Kier alpha value is -3.42. The third-order valence-electron chi connectivity index (χ3n) is 5.25. The Morgan fingerprint density at radius 1 is 0.935 bits per heavy atom. The zero-order chi connectivity index (χ0) is 21.6. The molecule has 2 aromatic heterocycles. The maximum atomic E-state index is 12.4. The minimum atomic E-state index is -1.21. The van der Waals surface area contributed by atoms with Crippen LogP contribution in [0.4, 0.5) is 10.7 Å². The van der Waals surface area contributed by atoms with Crippen LogP contribution in [0.15, 0.2) is 42.5 Å². The average Bonchev–Trinajstić information content (AvgIpc) is 3.61. The van der Waals surface area contributed by atoms with Gasteiger partial charge in [-0.25, -0.2) is 9.31 Å². The highest BCUT2D eigenvalue weighted by Gasteiger charge is 2.17. The minimum absolute atomic E-state index is 0.0312. The van der Waals surface area contributed by atoms with E-state index < -0.39 is 6.09 Å². The van der Waals surface area contributed by atoms with E-state index in [-0.39, 0.29) is 11.9 Å². The molecule has 8 heteroatoms. The molecular formula is C23H27N5O3. The van der Waals surface area contributed by atoms with Crippen molar-refractivity contribution < 1.29 is 14.7 Å². The molecule has 31 heavy (non-hydrogen) atoms. The van der Waals surface area contributed by atoms with Crippen molar-refractivity contribution in [2.45, 2.75) is 44.9 Å². The number of pyridine rings is 1. The summed E-state index contributed by atoms with van der Waals surface area (Å²) >= 11 is 0. The van der Waals surface area contributed by atoms with Crippen LogP contribution in [0.2, 0.25) is 0 Å². The fourth-order valence-electron chi connectivity index (χ4n) is 3.50. The Morgan fingerprint density at radius 2 is 1.61 bits per heavy atom. The molecule has 5 rings (SSSR count). The third kappa shape index (κ3) is 5.59. The molecule has 2 fully saturated rings. The van der Waals surface area contributed by atoms with E-state index in [9.17, 15) is 9.59 Å². The number of fused-ring (bicyclic) bond motifs is 1. The number of likely N-dealkylation sites (tertiary alicyclic amines) is 1. The van der Waals surface area contributed by atoms with Crippen LogP contribution in [0.5, 0.6) is 0 Å². The number of nitrogens with zero attached hydrogens (tertiary/aromatic N) is 4. The van der Waals surface area contributed by atoms with E-state index >= 15 is 0 Å². The molecule has 3 heterocycles. The number of carboxylic acid groups (broad SMARTS) is 1. The van der Waals surface area contributed by atoms with Gasteiger partial charge in [-0.2, -0.15) is 4.98 Å². The number of carbonyl (C=O) groups is 2. The molecule has 1 aromatic carbocycles. The number of amides is 2. The molecular weight excluding hydrogens is 394 g/mol. The molecule has 162 valence electrons. The van der Waals surface area contributed by atoms with Gasteiger partial charge in [0.15, 0.2) is 5.65 Å². The molecule has 0 atom stereocenters. The molecule has 0 spiro atoms. The summed E-state index contributed by atoms with van der Waals surface area (Å²) in [6.45, 7) is 1.72. The lowest BCUT2D eigenvalue weighted by Gasteiger charge is -2.26. The summed E-state index contributed by atoms with van der Waals surface area (Å²) in [7, 11) is 0. The molecule has 8 nitrogen and oxygen atoms in total. The monoisotopic (exact) mass is 421 g/mol. The number of hydrogen-bond acceptors (Lipinski definition) is 4. The lowest BCUT2D eigenvalue weighted by atomic mass is 10.0. The average molecular weight is 422 g/mol. The van der Waals surface area contributed by atoms with Gasteiger partial charge in [0.25, 0.3) is 5.95 Å². The normalized spacial score (nSPS) is 15.2. The number of rotatable bonds is 4. The summed E-state index contributed by atoms with van der Waals surface area (Å²) < 4.78 is 1.60. The van der Waals surface area contributed by atoms with E-state index in [1.807, 2.05) is 41.3 Å². The lowest BCUT2D eigenvalue weighted by Crippen LogP contribution is -2.36. The Labute approximate surface area is 180 Å². The van der Waals surface area contributed by atoms with E-state index in [1.165, 1.54) is 25.7 Å². The first kappa shape index (κ1) is 20.8. The number of nitrogens with one attached hydrogen (secondary N) is 1. The van der Waals surface area contributed by atoms with Gasteiger partial charge in [0.2, 0.25) is 5.91 Å². The first-order valence-corrected chi connectivity index (χ1v) is 10.8. The van der Waals surface area contributed by atoms with Crippen LogP contribution in [0, 0.1) is 0 Å². The second kappa shape index (κ2) is 9.59. The van der Waals surface area contributed by atoms with Gasteiger partial charge >= 0.3 is 6.09 Å². The molecule has 2 N–H and O–H groups in total. The maximum absolute atomic E-state index is 12.4. The van der Waals surface area contributed by atoms with Gasteiger partial charge < -0.3 is 10.0 Å². The first-order valence-electron chi connectivity index (χ1n) is 10.8. The van der Waals surface area contributed by atoms with Crippen LogP contribution in [-0.2, 0) is 11.2 Å². The standard InChI is InChI=1S/C20H21N5O3.C3H6/c26-18(24-11-2-1-3-12-24)13-14-7-9-15(10-8-14)16-5-4-6-17-21-19(22-20(27)28)23-25(16)17;1-2-3-1/h4-10H,1-3,11-13H2,(H,22,23)(H,27,28);1-3H2. The smallest absolute Gasteiger partial charge is 0.411 e. The molecule has 3 aromatic rings. The van der Waals surface area contributed by atoms with Gasteiger partial charge in [-0.15, -0.1) is 5.10 Å². The van der Waals surface area contributed by atoms with Crippen molar-refractivity contribution in [1.82, 2.24) is 19.5 Å². The quantitative estimate of drug-likeness (QED) is 0.657. The van der Waals surface area contributed by atoms with Crippen LogP contribution in [-0.4, -0.2) is 49.7 Å². The minimum Gasteiger partial charge on any atom is -0.465 e. The van der Waals surface area contributed by atoms with Crippen LogP contribution >= 0.6 is 0 Å². The molecule has 0 bridgehead atoms. The molecule has 0 unspecified atom stereocenters.